The highest BCUT2D eigenvalue weighted by molar-refractivity contribution is 5.76. The Morgan fingerprint density at radius 3 is 2.88 bits per heavy atom. The molecule has 1 atom stereocenters. The maximum atomic E-state index is 11.4. The van der Waals surface area contributed by atoms with Gasteiger partial charge in [0.2, 0.25) is 5.91 Å². The minimum absolute atomic E-state index is 0.0503. The topological polar surface area (TPSA) is 68.3 Å². The fourth-order valence-corrected chi connectivity index (χ4v) is 1.32. The molecule has 1 aromatic rings. The Kier molecular flexibility index (Phi) is 5.05. The van der Waals surface area contributed by atoms with E-state index in [-0.39, 0.29) is 5.91 Å². The first-order chi connectivity index (χ1) is 7.61. The van der Waals surface area contributed by atoms with E-state index in [0.29, 0.717) is 31.8 Å². The summed E-state index contributed by atoms with van der Waals surface area (Å²) in [4.78, 5) is 11.4. The molecule has 4 nitrogen and oxygen atoms in total. The van der Waals surface area contributed by atoms with E-state index in [2.05, 4.69) is 5.32 Å². The number of nitrogens with two attached hydrogens (primary N) is 1. The highest BCUT2D eigenvalue weighted by Gasteiger charge is 2.06. The molecule has 16 heavy (non-hydrogen) atoms. The molecule has 1 amide bonds. The van der Waals surface area contributed by atoms with E-state index in [0.717, 1.165) is 11.5 Å². The molecule has 0 radical (unpaired) electrons. The van der Waals surface area contributed by atoms with Crippen LogP contribution in [0.1, 0.15) is 24.9 Å². The Labute approximate surface area is 96.2 Å². The van der Waals surface area contributed by atoms with Crippen LogP contribution < -0.4 is 11.1 Å². The van der Waals surface area contributed by atoms with E-state index < -0.39 is 0 Å². The molecule has 1 unspecified atom stereocenters. The average Bonchev–Trinajstić information content (AvgIpc) is 2.69. The monoisotopic (exact) mass is 224 g/mol. The molecule has 0 aliphatic rings. The summed E-state index contributed by atoms with van der Waals surface area (Å²) in [6, 6.07) is 3.81. The van der Waals surface area contributed by atoms with Crippen LogP contribution in [0.25, 0.3) is 0 Å². The molecule has 0 aliphatic carbocycles. The summed E-state index contributed by atoms with van der Waals surface area (Å²) in [5.74, 6) is 2.12. The van der Waals surface area contributed by atoms with Crippen LogP contribution in [0, 0.1) is 12.8 Å². The van der Waals surface area contributed by atoms with Crippen LogP contribution >= 0.6 is 0 Å². The van der Waals surface area contributed by atoms with E-state index >= 15 is 0 Å². The molecule has 1 heterocycles. The van der Waals surface area contributed by atoms with Crippen LogP contribution in [0.5, 0.6) is 0 Å². The van der Waals surface area contributed by atoms with Crippen molar-refractivity contribution in [3.63, 3.8) is 0 Å². The molecule has 0 bridgehead atoms. The van der Waals surface area contributed by atoms with Gasteiger partial charge in [0.05, 0.1) is 0 Å². The lowest BCUT2D eigenvalue weighted by Gasteiger charge is -2.09. The molecular formula is C12H20N2O2. The standard InChI is InChI=1S/C12H20N2O2/c1-9(7-13)8-14-12(15)6-5-11-4-3-10(2)16-11/h3-4,9H,5-8,13H2,1-2H3,(H,14,15). The number of aryl methyl sites for hydroxylation is 2. The summed E-state index contributed by atoms with van der Waals surface area (Å²) in [7, 11) is 0. The van der Waals surface area contributed by atoms with Crippen LogP contribution in [0.15, 0.2) is 16.5 Å². The van der Waals surface area contributed by atoms with Crippen molar-refractivity contribution in [2.75, 3.05) is 13.1 Å². The van der Waals surface area contributed by atoms with Crippen LogP contribution in [0.4, 0.5) is 0 Å². The quantitative estimate of drug-likeness (QED) is 0.763. The maximum Gasteiger partial charge on any atom is 0.220 e. The number of hydrogen-bond donors (Lipinski definition) is 2. The van der Waals surface area contributed by atoms with Gasteiger partial charge in [-0.25, -0.2) is 0 Å². The molecule has 4 heteroatoms. The van der Waals surface area contributed by atoms with E-state index in [1.807, 2.05) is 26.0 Å². The summed E-state index contributed by atoms with van der Waals surface area (Å²) >= 11 is 0. The van der Waals surface area contributed by atoms with Crippen molar-refractivity contribution in [1.82, 2.24) is 5.32 Å². The largest absolute Gasteiger partial charge is 0.466 e. The van der Waals surface area contributed by atoms with Crippen molar-refractivity contribution in [2.24, 2.45) is 11.7 Å². The van der Waals surface area contributed by atoms with Gasteiger partial charge < -0.3 is 15.5 Å². The molecule has 0 spiro atoms. The van der Waals surface area contributed by atoms with E-state index in [1.54, 1.807) is 0 Å². The third-order valence-electron chi connectivity index (χ3n) is 2.44. The summed E-state index contributed by atoms with van der Waals surface area (Å²) in [6.07, 6.45) is 1.11. The number of nitrogens with one attached hydrogen (secondary N) is 1. The Balaban J connectivity index is 2.20. The van der Waals surface area contributed by atoms with E-state index in [9.17, 15) is 4.79 Å². The van der Waals surface area contributed by atoms with Gasteiger partial charge in [0.1, 0.15) is 11.5 Å². The first-order valence-corrected chi connectivity index (χ1v) is 5.64. The van der Waals surface area contributed by atoms with Gasteiger partial charge in [0, 0.05) is 19.4 Å². The predicted molar refractivity (Wildman–Crippen MR) is 63.0 cm³/mol. The zero-order valence-corrected chi connectivity index (χ0v) is 9.95. The number of carbonyl (C=O) groups is 1. The third-order valence-corrected chi connectivity index (χ3v) is 2.44. The zero-order chi connectivity index (χ0) is 12.0. The van der Waals surface area contributed by atoms with Crippen LogP contribution in [0.2, 0.25) is 0 Å². The molecule has 0 aliphatic heterocycles. The second kappa shape index (κ2) is 6.33. The van der Waals surface area contributed by atoms with Gasteiger partial charge >= 0.3 is 0 Å². The first-order valence-electron chi connectivity index (χ1n) is 5.64. The SMILES string of the molecule is Cc1ccc(CCC(=O)NCC(C)CN)o1. The van der Waals surface area contributed by atoms with Gasteiger partial charge in [0.25, 0.3) is 0 Å². The normalized spacial score (nSPS) is 12.4. The van der Waals surface area contributed by atoms with Crippen LogP contribution in [-0.2, 0) is 11.2 Å². The van der Waals surface area contributed by atoms with Crippen molar-refractivity contribution >= 4 is 5.91 Å². The molecule has 0 saturated carbocycles. The number of rotatable bonds is 6. The van der Waals surface area contributed by atoms with Gasteiger partial charge in [-0.15, -0.1) is 0 Å². The number of hydrogen-bond acceptors (Lipinski definition) is 3. The van der Waals surface area contributed by atoms with E-state index in [1.165, 1.54) is 0 Å². The molecule has 0 saturated heterocycles. The smallest absolute Gasteiger partial charge is 0.220 e. The zero-order valence-electron chi connectivity index (χ0n) is 9.95. The molecule has 0 aromatic carbocycles. The van der Waals surface area contributed by atoms with Crippen molar-refractivity contribution in [3.05, 3.63) is 23.7 Å². The fraction of sp³-hybridized carbons (Fsp3) is 0.583. The van der Waals surface area contributed by atoms with Gasteiger partial charge in [-0.3, -0.25) is 4.79 Å². The third kappa shape index (κ3) is 4.49. The predicted octanol–water partition coefficient (Wildman–Crippen LogP) is 1.23. The van der Waals surface area contributed by atoms with Crippen molar-refractivity contribution in [2.45, 2.75) is 26.7 Å². The van der Waals surface area contributed by atoms with Gasteiger partial charge in [-0.2, -0.15) is 0 Å². The van der Waals surface area contributed by atoms with E-state index in [4.69, 9.17) is 10.2 Å². The molecular weight excluding hydrogens is 204 g/mol. The number of carbonyl (C=O) groups excluding carboxylic acids is 1. The Bertz CT molecular complexity index is 334. The summed E-state index contributed by atoms with van der Waals surface area (Å²) in [5.41, 5.74) is 5.46. The highest BCUT2D eigenvalue weighted by Crippen LogP contribution is 2.08. The lowest BCUT2D eigenvalue weighted by molar-refractivity contribution is -0.121. The Morgan fingerprint density at radius 1 is 1.56 bits per heavy atom. The first kappa shape index (κ1) is 12.8. The molecule has 0 fully saturated rings. The van der Waals surface area contributed by atoms with Gasteiger partial charge in [-0.1, -0.05) is 6.92 Å². The van der Waals surface area contributed by atoms with Crippen molar-refractivity contribution < 1.29 is 9.21 Å². The second-order valence-electron chi connectivity index (χ2n) is 4.16. The van der Waals surface area contributed by atoms with Gasteiger partial charge in [-0.05, 0) is 31.5 Å². The van der Waals surface area contributed by atoms with Crippen LogP contribution in [-0.4, -0.2) is 19.0 Å². The molecule has 1 rings (SSSR count). The van der Waals surface area contributed by atoms with Gasteiger partial charge in [0.15, 0.2) is 0 Å². The number of amides is 1. The Morgan fingerprint density at radius 2 is 2.31 bits per heavy atom. The van der Waals surface area contributed by atoms with Crippen LogP contribution in [0.3, 0.4) is 0 Å². The highest BCUT2D eigenvalue weighted by atomic mass is 16.3. The van der Waals surface area contributed by atoms with Crippen molar-refractivity contribution in [1.29, 1.82) is 0 Å². The summed E-state index contributed by atoms with van der Waals surface area (Å²) < 4.78 is 5.38. The minimum atomic E-state index is 0.0503. The molecule has 90 valence electrons. The fourth-order valence-electron chi connectivity index (χ4n) is 1.32. The lowest BCUT2D eigenvalue weighted by atomic mass is 10.2. The number of furan rings is 1. The Hall–Kier alpha value is -1.29. The molecule has 3 N–H and O–H groups in total. The second-order valence-corrected chi connectivity index (χ2v) is 4.16. The summed E-state index contributed by atoms with van der Waals surface area (Å²) in [6.45, 7) is 5.15. The molecule has 1 aromatic heterocycles. The van der Waals surface area contributed by atoms with Crippen molar-refractivity contribution in [3.8, 4) is 0 Å². The minimum Gasteiger partial charge on any atom is -0.466 e. The maximum absolute atomic E-state index is 11.4. The lowest BCUT2D eigenvalue weighted by Crippen LogP contribution is -2.31. The summed E-state index contributed by atoms with van der Waals surface area (Å²) in [5, 5.41) is 2.85. The average molecular weight is 224 g/mol.